The van der Waals surface area contributed by atoms with E-state index >= 15 is 0 Å². The Hall–Kier alpha value is -0.160. The van der Waals surface area contributed by atoms with Crippen molar-refractivity contribution >= 4 is 0 Å². The Morgan fingerprint density at radius 1 is 1.29 bits per heavy atom. The molecule has 0 aromatic heterocycles. The molecule has 14 heavy (non-hydrogen) atoms. The van der Waals surface area contributed by atoms with Crippen molar-refractivity contribution in [1.29, 1.82) is 0 Å². The van der Waals surface area contributed by atoms with Gasteiger partial charge in [0.2, 0.25) is 0 Å². The van der Waals surface area contributed by atoms with Crippen LogP contribution < -0.4 is 0 Å². The third-order valence-corrected chi connectivity index (χ3v) is 2.22. The number of hydrogen-bond donors (Lipinski definition) is 2. The number of likely N-dealkylation sites (N-methyl/N-ethyl adjacent to an activating group) is 1. The molecule has 4 nitrogen and oxygen atoms in total. The van der Waals surface area contributed by atoms with E-state index in [-0.39, 0.29) is 6.61 Å². The van der Waals surface area contributed by atoms with Gasteiger partial charge < -0.3 is 19.8 Å². The van der Waals surface area contributed by atoms with Crippen LogP contribution in [0.15, 0.2) is 0 Å². The molecule has 0 heterocycles. The minimum absolute atomic E-state index is 0.125. The summed E-state index contributed by atoms with van der Waals surface area (Å²) in [4.78, 5) is 2.20. The predicted molar refractivity (Wildman–Crippen MR) is 56.3 cm³/mol. The molecule has 0 radical (unpaired) electrons. The summed E-state index contributed by atoms with van der Waals surface area (Å²) in [6, 6.07) is 0. The van der Waals surface area contributed by atoms with Crippen molar-refractivity contribution in [3.05, 3.63) is 0 Å². The van der Waals surface area contributed by atoms with E-state index in [1.165, 1.54) is 0 Å². The number of methoxy groups -OCH3 is 1. The van der Waals surface area contributed by atoms with Gasteiger partial charge in [-0.1, -0.05) is 0 Å². The Bertz CT molecular complexity index is 122. The SMILES string of the molecule is COCCN(C)CCCCC(O)CO. The highest BCUT2D eigenvalue weighted by atomic mass is 16.5. The average molecular weight is 205 g/mol. The van der Waals surface area contributed by atoms with Crippen LogP contribution in [-0.2, 0) is 4.74 Å². The molecule has 0 fully saturated rings. The standard InChI is InChI=1S/C10H23NO3/c1-11(7-8-14-2)6-4-3-5-10(13)9-12/h10,12-13H,3-9H2,1-2H3. The fraction of sp³-hybridized carbons (Fsp3) is 1.00. The van der Waals surface area contributed by atoms with E-state index in [0.29, 0.717) is 6.42 Å². The molecule has 86 valence electrons. The van der Waals surface area contributed by atoms with Gasteiger partial charge in [-0.15, -0.1) is 0 Å². The summed E-state index contributed by atoms with van der Waals surface area (Å²) in [5, 5.41) is 17.7. The van der Waals surface area contributed by atoms with Gasteiger partial charge in [0.25, 0.3) is 0 Å². The van der Waals surface area contributed by atoms with Gasteiger partial charge >= 0.3 is 0 Å². The first-order valence-electron chi connectivity index (χ1n) is 5.17. The van der Waals surface area contributed by atoms with Gasteiger partial charge in [-0.3, -0.25) is 0 Å². The highest BCUT2D eigenvalue weighted by molar-refractivity contribution is 4.56. The van der Waals surface area contributed by atoms with Crippen molar-refractivity contribution in [3.8, 4) is 0 Å². The van der Waals surface area contributed by atoms with Crippen molar-refractivity contribution < 1.29 is 14.9 Å². The molecule has 0 saturated heterocycles. The quantitative estimate of drug-likeness (QED) is 0.524. The molecule has 0 spiro atoms. The Balaban J connectivity index is 3.18. The lowest BCUT2D eigenvalue weighted by Gasteiger charge is -2.15. The van der Waals surface area contributed by atoms with E-state index < -0.39 is 6.10 Å². The zero-order chi connectivity index (χ0) is 10.8. The molecular weight excluding hydrogens is 182 g/mol. The summed E-state index contributed by atoms with van der Waals surface area (Å²) in [5.74, 6) is 0. The van der Waals surface area contributed by atoms with Gasteiger partial charge in [0.1, 0.15) is 0 Å². The number of rotatable bonds is 9. The Morgan fingerprint density at radius 3 is 2.57 bits per heavy atom. The van der Waals surface area contributed by atoms with Crippen LogP contribution >= 0.6 is 0 Å². The highest BCUT2D eigenvalue weighted by Gasteiger charge is 2.02. The van der Waals surface area contributed by atoms with Gasteiger partial charge in [-0.05, 0) is 32.9 Å². The Morgan fingerprint density at radius 2 is 2.00 bits per heavy atom. The molecule has 0 amide bonds. The minimum Gasteiger partial charge on any atom is -0.394 e. The largest absolute Gasteiger partial charge is 0.394 e. The van der Waals surface area contributed by atoms with E-state index in [4.69, 9.17) is 14.9 Å². The molecule has 0 aromatic rings. The van der Waals surface area contributed by atoms with Crippen LogP contribution in [-0.4, -0.2) is 61.7 Å². The fourth-order valence-electron chi connectivity index (χ4n) is 1.21. The second kappa shape index (κ2) is 9.40. The molecule has 0 aliphatic heterocycles. The van der Waals surface area contributed by atoms with Crippen LogP contribution in [0.4, 0.5) is 0 Å². The van der Waals surface area contributed by atoms with Gasteiger partial charge in [0.15, 0.2) is 0 Å². The third kappa shape index (κ3) is 8.44. The molecule has 1 unspecified atom stereocenters. The maximum Gasteiger partial charge on any atom is 0.0770 e. The second-order valence-corrected chi connectivity index (χ2v) is 3.63. The van der Waals surface area contributed by atoms with Crippen LogP contribution in [0.1, 0.15) is 19.3 Å². The molecule has 0 aliphatic rings. The average Bonchev–Trinajstić information content (AvgIpc) is 2.21. The van der Waals surface area contributed by atoms with Gasteiger partial charge in [-0.2, -0.15) is 0 Å². The topological polar surface area (TPSA) is 52.9 Å². The molecule has 0 saturated carbocycles. The predicted octanol–water partition coefficient (Wildman–Crippen LogP) is 0.0881. The molecule has 0 bridgehead atoms. The van der Waals surface area contributed by atoms with E-state index in [1.807, 2.05) is 0 Å². The van der Waals surface area contributed by atoms with Crippen LogP contribution in [0.2, 0.25) is 0 Å². The van der Waals surface area contributed by atoms with Gasteiger partial charge in [0.05, 0.1) is 19.3 Å². The van der Waals surface area contributed by atoms with Crippen molar-refractivity contribution in [2.45, 2.75) is 25.4 Å². The van der Waals surface area contributed by atoms with Crippen LogP contribution in [0.3, 0.4) is 0 Å². The third-order valence-electron chi connectivity index (χ3n) is 2.22. The molecule has 0 aliphatic carbocycles. The lowest BCUT2D eigenvalue weighted by Crippen LogP contribution is -2.24. The summed E-state index contributed by atoms with van der Waals surface area (Å²) in [6.45, 7) is 2.59. The summed E-state index contributed by atoms with van der Waals surface area (Å²) < 4.78 is 4.96. The smallest absolute Gasteiger partial charge is 0.0770 e. The zero-order valence-electron chi connectivity index (χ0n) is 9.28. The van der Waals surface area contributed by atoms with Crippen LogP contribution in [0.5, 0.6) is 0 Å². The second-order valence-electron chi connectivity index (χ2n) is 3.63. The highest BCUT2D eigenvalue weighted by Crippen LogP contribution is 2.01. The zero-order valence-corrected chi connectivity index (χ0v) is 9.28. The number of nitrogens with zero attached hydrogens (tertiary/aromatic N) is 1. The first kappa shape index (κ1) is 13.8. The summed E-state index contributed by atoms with van der Waals surface area (Å²) in [7, 11) is 3.76. The summed E-state index contributed by atoms with van der Waals surface area (Å²) in [5.41, 5.74) is 0. The first-order chi connectivity index (χ1) is 6.70. The number of unbranched alkanes of at least 4 members (excludes halogenated alkanes) is 1. The molecule has 2 N–H and O–H groups in total. The van der Waals surface area contributed by atoms with Crippen LogP contribution in [0.25, 0.3) is 0 Å². The fourth-order valence-corrected chi connectivity index (χ4v) is 1.21. The number of aliphatic hydroxyl groups excluding tert-OH is 2. The normalized spacial score (nSPS) is 13.5. The molecule has 0 aromatic carbocycles. The van der Waals surface area contributed by atoms with Gasteiger partial charge in [-0.25, -0.2) is 0 Å². The lowest BCUT2D eigenvalue weighted by atomic mass is 10.1. The molecule has 4 heteroatoms. The van der Waals surface area contributed by atoms with E-state index in [1.54, 1.807) is 7.11 Å². The number of ether oxygens (including phenoxy) is 1. The Kier molecular flexibility index (Phi) is 9.29. The van der Waals surface area contributed by atoms with Crippen molar-refractivity contribution in [3.63, 3.8) is 0 Å². The number of aliphatic hydroxyl groups is 2. The molecule has 0 rings (SSSR count). The van der Waals surface area contributed by atoms with Crippen molar-refractivity contribution in [1.82, 2.24) is 4.90 Å². The minimum atomic E-state index is -0.542. The van der Waals surface area contributed by atoms with Crippen LogP contribution in [0, 0.1) is 0 Å². The Labute approximate surface area is 86.5 Å². The lowest BCUT2D eigenvalue weighted by molar-refractivity contribution is 0.0851. The van der Waals surface area contributed by atoms with E-state index in [9.17, 15) is 0 Å². The maximum atomic E-state index is 9.08. The molecule has 1 atom stereocenters. The maximum absolute atomic E-state index is 9.08. The summed E-state index contributed by atoms with van der Waals surface area (Å²) in [6.07, 6.45) is 2.16. The summed E-state index contributed by atoms with van der Waals surface area (Å²) >= 11 is 0. The molecular formula is C10H23NO3. The van der Waals surface area contributed by atoms with Crippen molar-refractivity contribution in [2.24, 2.45) is 0 Å². The monoisotopic (exact) mass is 205 g/mol. The number of hydrogen-bond acceptors (Lipinski definition) is 4. The first-order valence-corrected chi connectivity index (χ1v) is 5.17. The van der Waals surface area contributed by atoms with Gasteiger partial charge in [0, 0.05) is 13.7 Å². The van der Waals surface area contributed by atoms with Crippen molar-refractivity contribution in [2.75, 3.05) is 40.5 Å². The van der Waals surface area contributed by atoms with E-state index in [0.717, 1.165) is 32.5 Å². The van der Waals surface area contributed by atoms with E-state index in [2.05, 4.69) is 11.9 Å².